The lowest BCUT2D eigenvalue weighted by molar-refractivity contribution is 0.321. The van der Waals surface area contributed by atoms with Crippen LogP contribution in [0.5, 0.6) is 0 Å². The van der Waals surface area contributed by atoms with Crippen LogP contribution in [-0.4, -0.2) is 16.4 Å². The summed E-state index contributed by atoms with van der Waals surface area (Å²) in [5.74, 6) is -0.439. The minimum absolute atomic E-state index is 0.342. The van der Waals surface area contributed by atoms with Gasteiger partial charge in [-0.3, -0.25) is 4.98 Å². The van der Waals surface area contributed by atoms with E-state index in [9.17, 15) is 4.39 Å². The highest BCUT2D eigenvalue weighted by atomic mass is 19.1. The number of rotatable bonds is 6. The molecule has 0 bridgehead atoms. The highest BCUT2D eigenvalue weighted by Gasteiger charge is 2.06. The van der Waals surface area contributed by atoms with Crippen LogP contribution in [0, 0.1) is 5.82 Å². The number of aromatic nitrogens is 1. The second kappa shape index (κ2) is 6.93. The van der Waals surface area contributed by atoms with Gasteiger partial charge >= 0.3 is 0 Å². The van der Waals surface area contributed by atoms with E-state index in [0.29, 0.717) is 5.56 Å². The molecule has 0 spiro atoms. The lowest BCUT2D eigenvalue weighted by Crippen LogP contribution is -1.99. The van der Waals surface area contributed by atoms with Crippen LogP contribution in [0.15, 0.2) is 17.5 Å². The van der Waals surface area contributed by atoms with E-state index in [4.69, 9.17) is 5.21 Å². The molecule has 0 aromatic carbocycles. The molecule has 1 heterocycles. The average molecular weight is 224 g/mol. The van der Waals surface area contributed by atoms with E-state index in [1.807, 2.05) is 0 Å². The molecule has 1 rings (SSSR count). The molecule has 4 heteroatoms. The summed E-state index contributed by atoms with van der Waals surface area (Å²) in [6.07, 6.45) is 9.16. The maximum Gasteiger partial charge on any atom is 0.150 e. The molecule has 1 aromatic rings. The molecule has 0 unspecified atom stereocenters. The quantitative estimate of drug-likeness (QED) is 0.349. The third-order valence-corrected chi connectivity index (χ3v) is 2.51. The molecule has 88 valence electrons. The summed E-state index contributed by atoms with van der Waals surface area (Å²) in [4.78, 5) is 3.81. The van der Waals surface area contributed by atoms with Crippen molar-refractivity contribution >= 4 is 6.21 Å². The molecule has 3 nitrogen and oxygen atoms in total. The Morgan fingerprint density at radius 2 is 2.19 bits per heavy atom. The first-order valence-corrected chi connectivity index (χ1v) is 5.59. The summed E-state index contributed by atoms with van der Waals surface area (Å²) in [7, 11) is 0. The predicted molar refractivity (Wildman–Crippen MR) is 61.4 cm³/mol. The molecule has 0 atom stereocenters. The van der Waals surface area contributed by atoms with Gasteiger partial charge in [0.05, 0.1) is 12.4 Å². The number of unbranched alkanes of at least 4 members (excludes halogenated alkanes) is 3. The van der Waals surface area contributed by atoms with Crippen LogP contribution in [0.1, 0.15) is 43.7 Å². The van der Waals surface area contributed by atoms with Crippen LogP contribution in [0.25, 0.3) is 0 Å². The van der Waals surface area contributed by atoms with Crippen molar-refractivity contribution in [3.63, 3.8) is 0 Å². The summed E-state index contributed by atoms with van der Waals surface area (Å²) in [5, 5.41) is 11.3. The van der Waals surface area contributed by atoms with Crippen molar-refractivity contribution in [3.05, 3.63) is 29.3 Å². The molecule has 0 amide bonds. The number of hydrogen-bond donors (Lipinski definition) is 1. The number of halogens is 1. The monoisotopic (exact) mass is 224 g/mol. The molecule has 1 N–H and O–H groups in total. The van der Waals surface area contributed by atoms with Gasteiger partial charge in [0, 0.05) is 11.8 Å². The third-order valence-electron chi connectivity index (χ3n) is 2.51. The molecular weight excluding hydrogens is 207 g/mol. The van der Waals surface area contributed by atoms with Crippen molar-refractivity contribution in [2.75, 3.05) is 0 Å². The number of pyridine rings is 1. The number of nitrogens with zero attached hydrogens (tertiary/aromatic N) is 2. The van der Waals surface area contributed by atoms with Crippen LogP contribution in [0.2, 0.25) is 0 Å². The van der Waals surface area contributed by atoms with Crippen LogP contribution in [-0.2, 0) is 6.42 Å². The van der Waals surface area contributed by atoms with Crippen molar-refractivity contribution < 1.29 is 9.60 Å². The Bertz CT molecular complexity index is 353. The smallest absolute Gasteiger partial charge is 0.150 e. The molecule has 0 aliphatic rings. The van der Waals surface area contributed by atoms with Gasteiger partial charge in [-0.1, -0.05) is 31.3 Å². The van der Waals surface area contributed by atoms with Crippen LogP contribution < -0.4 is 0 Å². The van der Waals surface area contributed by atoms with Gasteiger partial charge in [-0.15, -0.1) is 0 Å². The maximum atomic E-state index is 13.3. The molecule has 0 saturated carbocycles. The van der Waals surface area contributed by atoms with Gasteiger partial charge in [-0.2, -0.15) is 0 Å². The van der Waals surface area contributed by atoms with Gasteiger partial charge in [-0.25, -0.2) is 4.39 Å². The van der Waals surface area contributed by atoms with E-state index in [2.05, 4.69) is 17.1 Å². The Labute approximate surface area is 95.0 Å². The van der Waals surface area contributed by atoms with Gasteiger partial charge in [0.15, 0.2) is 5.82 Å². The topological polar surface area (TPSA) is 45.5 Å². The van der Waals surface area contributed by atoms with Crippen molar-refractivity contribution in [1.82, 2.24) is 4.98 Å². The van der Waals surface area contributed by atoms with Gasteiger partial charge in [0.1, 0.15) is 0 Å². The first-order valence-electron chi connectivity index (χ1n) is 5.59. The van der Waals surface area contributed by atoms with Crippen molar-refractivity contribution in [1.29, 1.82) is 0 Å². The number of aryl methyl sites for hydroxylation is 1. The SMILES string of the molecule is CCCCCCc1cncc(F)c1/C=N/O. The summed E-state index contributed by atoms with van der Waals surface area (Å²) in [6.45, 7) is 2.15. The molecule has 1 aromatic heterocycles. The van der Waals surface area contributed by atoms with Crippen LogP contribution >= 0.6 is 0 Å². The van der Waals surface area contributed by atoms with Gasteiger partial charge in [0.2, 0.25) is 0 Å². The van der Waals surface area contributed by atoms with E-state index >= 15 is 0 Å². The first kappa shape index (κ1) is 12.6. The number of oxime groups is 1. The van der Waals surface area contributed by atoms with Gasteiger partial charge in [-0.05, 0) is 18.4 Å². The molecular formula is C12H17FN2O. The normalized spacial score (nSPS) is 11.1. The second-order valence-electron chi connectivity index (χ2n) is 3.75. The van der Waals surface area contributed by atoms with Gasteiger partial charge < -0.3 is 5.21 Å². The summed E-state index contributed by atoms with van der Waals surface area (Å²) in [6, 6.07) is 0. The Kier molecular flexibility index (Phi) is 5.46. The van der Waals surface area contributed by atoms with E-state index < -0.39 is 5.82 Å². The lowest BCUT2D eigenvalue weighted by Gasteiger charge is -2.05. The number of hydrogen-bond acceptors (Lipinski definition) is 3. The fourth-order valence-electron chi connectivity index (χ4n) is 1.63. The molecule has 0 radical (unpaired) electrons. The zero-order chi connectivity index (χ0) is 11.8. The summed E-state index contributed by atoms with van der Waals surface area (Å²) < 4.78 is 13.3. The second-order valence-corrected chi connectivity index (χ2v) is 3.75. The standard InChI is InChI=1S/C12H17FN2O/c1-2-3-4-5-6-10-7-14-9-12(13)11(10)8-15-16/h7-9,16H,2-6H2,1H3/b15-8+. The fraction of sp³-hybridized carbons (Fsp3) is 0.500. The maximum absolute atomic E-state index is 13.3. The largest absolute Gasteiger partial charge is 0.411 e. The third kappa shape index (κ3) is 3.61. The minimum atomic E-state index is -0.439. The Balaban J connectivity index is 2.67. The van der Waals surface area contributed by atoms with E-state index in [1.165, 1.54) is 12.8 Å². The van der Waals surface area contributed by atoms with E-state index in [1.54, 1.807) is 6.20 Å². The molecule has 16 heavy (non-hydrogen) atoms. The predicted octanol–water partition coefficient (Wildman–Crippen LogP) is 3.15. The first-order chi connectivity index (χ1) is 7.79. The lowest BCUT2D eigenvalue weighted by atomic mass is 10.0. The zero-order valence-corrected chi connectivity index (χ0v) is 9.49. The van der Waals surface area contributed by atoms with Crippen molar-refractivity contribution in [2.24, 2.45) is 5.16 Å². The average Bonchev–Trinajstić information content (AvgIpc) is 2.29. The summed E-state index contributed by atoms with van der Waals surface area (Å²) in [5.41, 5.74) is 1.14. The van der Waals surface area contributed by atoms with Crippen LogP contribution in [0.3, 0.4) is 0 Å². The Morgan fingerprint density at radius 3 is 2.88 bits per heavy atom. The minimum Gasteiger partial charge on any atom is -0.411 e. The highest BCUT2D eigenvalue weighted by Crippen LogP contribution is 2.13. The molecule has 0 fully saturated rings. The van der Waals surface area contributed by atoms with Crippen molar-refractivity contribution in [3.8, 4) is 0 Å². The Hall–Kier alpha value is -1.45. The fourth-order valence-corrected chi connectivity index (χ4v) is 1.63. The molecule has 0 saturated heterocycles. The van der Waals surface area contributed by atoms with Crippen LogP contribution in [0.4, 0.5) is 4.39 Å². The molecule has 0 aliphatic carbocycles. The molecule has 0 aliphatic heterocycles. The van der Waals surface area contributed by atoms with E-state index in [-0.39, 0.29) is 0 Å². The van der Waals surface area contributed by atoms with Gasteiger partial charge in [0.25, 0.3) is 0 Å². The summed E-state index contributed by atoms with van der Waals surface area (Å²) >= 11 is 0. The zero-order valence-electron chi connectivity index (χ0n) is 9.49. The Morgan fingerprint density at radius 1 is 1.38 bits per heavy atom. The van der Waals surface area contributed by atoms with Crippen molar-refractivity contribution in [2.45, 2.75) is 39.0 Å². The van der Waals surface area contributed by atoms with E-state index in [0.717, 1.165) is 37.2 Å². The highest BCUT2D eigenvalue weighted by molar-refractivity contribution is 5.81.